The maximum Gasteiger partial charge on any atom is 0.186 e. The molecule has 1 aromatic heterocycles. The number of ether oxygens (including phenoxy) is 1. The first-order valence-electron chi connectivity index (χ1n) is 7.28. The number of thiazole rings is 1. The molecule has 0 aliphatic carbocycles. The van der Waals surface area contributed by atoms with Gasteiger partial charge in [-0.15, -0.1) is 0 Å². The van der Waals surface area contributed by atoms with Gasteiger partial charge in [0.05, 0.1) is 11.5 Å². The Bertz CT molecular complexity index is 636. The van der Waals surface area contributed by atoms with Crippen LogP contribution in [0.5, 0.6) is 0 Å². The lowest BCUT2D eigenvalue weighted by Gasteiger charge is -2.21. The third-order valence-electron chi connectivity index (χ3n) is 3.35. The Hall–Kier alpha value is -1.21. The van der Waals surface area contributed by atoms with Crippen molar-refractivity contribution >= 4 is 28.1 Å². The van der Waals surface area contributed by atoms with E-state index in [2.05, 4.69) is 9.88 Å². The van der Waals surface area contributed by atoms with E-state index in [1.165, 1.54) is 6.07 Å². The largest absolute Gasteiger partial charge is 0.383 e. The molecule has 0 bridgehead atoms. The zero-order valence-corrected chi connectivity index (χ0v) is 15.1. The molecule has 0 saturated heterocycles. The molecular weight excluding hydrogens is 337 g/mol. The second kappa shape index (κ2) is 8.59. The summed E-state index contributed by atoms with van der Waals surface area (Å²) in [5, 5.41) is 1.37. The highest BCUT2D eigenvalue weighted by Gasteiger charge is 2.16. The van der Waals surface area contributed by atoms with Crippen molar-refractivity contribution in [3.8, 4) is 0 Å². The standard InChI is InChI=1S/C16H21ClFN3OS/c1-20(2)16-19-15(17)14(23-16)11-21(8-9-22-3)10-12-6-4-5-7-13(12)18/h4-7H,8-11H2,1-3H3. The van der Waals surface area contributed by atoms with Crippen LogP contribution < -0.4 is 4.90 Å². The molecule has 126 valence electrons. The predicted molar refractivity (Wildman–Crippen MR) is 93.8 cm³/mol. The van der Waals surface area contributed by atoms with Crippen molar-refractivity contribution in [3.63, 3.8) is 0 Å². The van der Waals surface area contributed by atoms with Crippen molar-refractivity contribution in [2.24, 2.45) is 0 Å². The lowest BCUT2D eigenvalue weighted by atomic mass is 10.2. The first-order valence-corrected chi connectivity index (χ1v) is 8.48. The number of anilines is 1. The maximum atomic E-state index is 13.9. The first kappa shape index (κ1) is 18.1. The van der Waals surface area contributed by atoms with Crippen molar-refractivity contribution in [1.29, 1.82) is 0 Å². The van der Waals surface area contributed by atoms with Gasteiger partial charge in [0.1, 0.15) is 11.0 Å². The van der Waals surface area contributed by atoms with Crippen LogP contribution in [0.15, 0.2) is 24.3 Å². The first-order chi connectivity index (χ1) is 11.0. The van der Waals surface area contributed by atoms with Crippen LogP contribution in [0.2, 0.25) is 5.15 Å². The highest BCUT2D eigenvalue weighted by Crippen LogP contribution is 2.30. The summed E-state index contributed by atoms with van der Waals surface area (Å²) in [7, 11) is 5.52. The van der Waals surface area contributed by atoms with Crippen LogP contribution in [0.25, 0.3) is 0 Å². The van der Waals surface area contributed by atoms with Gasteiger partial charge in [0.2, 0.25) is 0 Å². The average Bonchev–Trinajstić information content (AvgIpc) is 2.88. The summed E-state index contributed by atoms with van der Waals surface area (Å²) in [5.74, 6) is -0.195. The fraction of sp³-hybridized carbons (Fsp3) is 0.438. The molecule has 0 amide bonds. The molecule has 2 rings (SSSR count). The van der Waals surface area contributed by atoms with Gasteiger partial charge in [-0.05, 0) is 6.07 Å². The minimum Gasteiger partial charge on any atom is -0.383 e. The van der Waals surface area contributed by atoms with Gasteiger partial charge < -0.3 is 9.64 Å². The van der Waals surface area contributed by atoms with Crippen LogP contribution >= 0.6 is 22.9 Å². The number of aromatic nitrogens is 1. The third-order valence-corrected chi connectivity index (χ3v) is 4.98. The molecule has 1 heterocycles. The Labute approximate surface area is 145 Å². The van der Waals surface area contributed by atoms with E-state index in [9.17, 15) is 4.39 Å². The second-order valence-corrected chi connectivity index (χ2v) is 6.82. The van der Waals surface area contributed by atoms with Gasteiger partial charge in [-0.3, -0.25) is 4.90 Å². The van der Waals surface area contributed by atoms with Crippen molar-refractivity contribution in [3.05, 3.63) is 45.7 Å². The molecule has 23 heavy (non-hydrogen) atoms. The molecule has 0 aliphatic rings. The number of methoxy groups -OCH3 is 1. The molecule has 0 saturated carbocycles. The number of hydrogen-bond acceptors (Lipinski definition) is 5. The molecule has 2 aromatic rings. The van der Waals surface area contributed by atoms with E-state index in [0.717, 1.165) is 10.0 Å². The molecule has 0 N–H and O–H groups in total. The molecule has 4 nitrogen and oxygen atoms in total. The highest BCUT2D eigenvalue weighted by molar-refractivity contribution is 7.16. The Balaban J connectivity index is 2.14. The Morgan fingerprint density at radius 1 is 1.26 bits per heavy atom. The molecule has 0 aliphatic heterocycles. The van der Waals surface area contributed by atoms with Gasteiger partial charge in [-0.2, -0.15) is 0 Å². The summed E-state index contributed by atoms with van der Waals surface area (Å²) >= 11 is 7.79. The van der Waals surface area contributed by atoms with Crippen LogP contribution in [0.4, 0.5) is 9.52 Å². The zero-order chi connectivity index (χ0) is 16.8. The predicted octanol–water partition coefficient (Wildman–Crippen LogP) is 3.65. The number of rotatable bonds is 8. The van der Waals surface area contributed by atoms with Crippen molar-refractivity contribution in [2.75, 3.05) is 39.3 Å². The fourth-order valence-corrected chi connectivity index (χ4v) is 3.34. The normalized spacial score (nSPS) is 11.2. The number of halogens is 2. The maximum absolute atomic E-state index is 13.9. The Kier molecular flexibility index (Phi) is 6.77. The van der Waals surface area contributed by atoms with Crippen LogP contribution in [-0.2, 0) is 17.8 Å². The van der Waals surface area contributed by atoms with E-state index >= 15 is 0 Å². The smallest absolute Gasteiger partial charge is 0.186 e. The number of benzene rings is 1. The monoisotopic (exact) mass is 357 g/mol. The molecule has 0 fully saturated rings. The Morgan fingerprint density at radius 3 is 2.61 bits per heavy atom. The van der Waals surface area contributed by atoms with Gasteiger partial charge >= 0.3 is 0 Å². The van der Waals surface area contributed by atoms with Gasteiger partial charge in [0.25, 0.3) is 0 Å². The quantitative estimate of drug-likeness (QED) is 0.721. The number of nitrogens with zero attached hydrogens (tertiary/aromatic N) is 3. The van der Waals surface area contributed by atoms with Crippen molar-refractivity contribution in [1.82, 2.24) is 9.88 Å². The van der Waals surface area contributed by atoms with E-state index in [1.807, 2.05) is 25.1 Å². The number of hydrogen-bond donors (Lipinski definition) is 0. The lowest BCUT2D eigenvalue weighted by molar-refractivity contribution is 0.140. The van der Waals surface area contributed by atoms with Crippen molar-refractivity contribution in [2.45, 2.75) is 13.1 Å². The minimum atomic E-state index is -0.195. The molecule has 0 radical (unpaired) electrons. The SMILES string of the molecule is COCCN(Cc1ccccc1F)Cc1sc(N(C)C)nc1Cl. The summed E-state index contributed by atoms with van der Waals surface area (Å²) in [5.41, 5.74) is 0.664. The van der Waals surface area contributed by atoms with Crippen molar-refractivity contribution < 1.29 is 9.13 Å². The zero-order valence-electron chi connectivity index (χ0n) is 13.6. The molecule has 1 aromatic carbocycles. The highest BCUT2D eigenvalue weighted by atomic mass is 35.5. The van der Waals surface area contributed by atoms with E-state index in [0.29, 0.717) is 37.0 Å². The molecular formula is C16H21ClFN3OS. The van der Waals surface area contributed by atoms with Crippen LogP contribution in [0.3, 0.4) is 0 Å². The topological polar surface area (TPSA) is 28.6 Å². The van der Waals surface area contributed by atoms with Crippen LogP contribution in [0.1, 0.15) is 10.4 Å². The Morgan fingerprint density at radius 2 is 2.00 bits per heavy atom. The van der Waals surface area contributed by atoms with Crippen LogP contribution in [0, 0.1) is 5.82 Å². The van der Waals surface area contributed by atoms with Gasteiger partial charge in [0, 0.05) is 46.4 Å². The molecule has 0 atom stereocenters. The summed E-state index contributed by atoms with van der Waals surface area (Å²) < 4.78 is 19.1. The second-order valence-electron chi connectivity index (χ2n) is 5.40. The summed E-state index contributed by atoms with van der Waals surface area (Å²) in [4.78, 5) is 9.36. The molecule has 0 spiro atoms. The van der Waals surface area contributed by atoms with Gasteiger partial charge in [-0.25, -0.2) is 9.37 Å². The molecule has 0 unspecified atom stereocenters. The van der Waals surface area contributed by atoms with E-state index in [-0.39, 0.29) is 5.82 Å². The lowest BCUT2D eigenvalue weighted by Crippen LogP contribution is -2.26. The fourth-order valence-electron chi connectivity index (χ4n) is 2.12. The summed E-state index contributed by atoms with van der Waals surface area (Å²) in [6.07, 6.45) is 0. The molecule has 7 heteroatoms. The van der Waals surface area contributed by atoms with E-state index in [4.69, 9.17) is 16.3 Å². The van der Waals surface area contributed by atoms with E-state index < -0.39 is 0 Å². The van der Waals surface area contributed by atoms with Gasteiger partial charge in [0.15, 0.2) is 5.13 Å². The van der Waals surface area contributed by atoms with Crippen LogP contribution in [-0.4, -0.2) is 44.2 Å². The average molecular weight is 358 g/mol. The third kappa shape index (κ3) is 5.14. The summed E-state index contributed by atoms with van der Waals surface area (Å²) in [6.45, 7) is 2.38. The van der Waals surface area contributed by atoms with E-state index in [1.54, 1.807) is 30.6 Å². The summed E-state index contributed by atoms with van der Waals surface area (Å²) in [6, 6.07) is 6.82. The minimum absolute atomic E-state index is 0.195. The van der Waals surface area contributed by atoms with Gasteiger partial charge in [-0.1, -0.05) is 41.1 Å².